The summed E-state index contributed by atoms with van der Waals surface area (Å²) in [4.78, 5) is 11.2. The predicted octanol–water partition coefficient (Wildman–Crippen LogP) is 1.91. The second kappa shape index (κ2) is 4.37. The lowest BCUT2D eigenvalue weighted by atomic mass is 10.1. The second-order valence-corrected chi connectivity index (χ2v) is 5.21. The molecular weight excluding hydrogens is 252 g/mol. The van der Waals surface area contributed by atoms with Crippen LogP contribution in [0.4, 0.5) is 5.69 Å². The first-order chi connectivity index (χ1) is 9.85. The van der Waals surface area contributed by atoms with Crippen LogP contribution in [0.15, 0.2) is 36.3 Å². The average molecular weight is 268 g/mol. The molecule has 4 rings (SSSR count). The van der Waals surface area contributed by atoms with Gasteiger partial charge in [-0.05, 0) is 24.6 Å². The van der Waals surface area contributed by atoms with Gasteiger partial charge in [0.25, 0.3) is 0 Å². The first-order valence-electron chi connectivity index (χ1n) is 6.87. The zero-order valence-corrected chi connectivity index (χ0v) is 11.3. The molecule has 20 heavy (non-hydrogen) atoms. The van der Waals surface area contributed by atoms with Crippen molar-refractivity contribution in [2.75, 3.05) is 25.1 Å². The maximum atomic E-state index is 5.46. The van der Waals surface area contributed by atoms with E-state index >= 15 is 0 Å². The molecule has 2 aromatic rings. The lowest BCUT2D eigenvalue weighted by Gasteiger charge is -2.19. The van der Waals surface area contributed by atoms with Crippen molar-refractivity contribution in [3.63, 3.8) is 0 Å². The molecule has 0 radical (unpaired) electrons. The highest BCUT2D eigenvalue weighted by molar-refractivity contribution is 5.81. The van der Waals surface area contributed by atoms with Crippen molar-refractivity contribution in [1.29, 1.82) is 0 Å². The summed E-state index contributed by atoms with van der Waals surface area (Å²) in [6, 6.07) is 5.90. The summed E-state index contributed by atoms with van der Waals surface area (Å²) in [7, 11) is 1.66. The van der Waals surface area contributed by atoms with Crippen LogP contribution in [0.5, 0.6) is 5.88 Å². The van der Waals surface area contributed by atoms with E-state index in [1.807, 2.05) is 12.1 Å². The van der Waals surface area contributed by atoms with Crippen LogP contribution in [0.1, 0.15) is 6.42 Å². The van der Waals surface area contributed by atoms with E-state index < -0.39 is 0 Å². The van der Waals surface area contributed by atoms with Gasteiger partial charge in [0, 0.05) is 37.1 Å². The lowest BCUT2D eigenvalue weighted by molar-refractivity contribution is 0.400. The van der Waals surface area contributed by atoms with Crippen LogP contribution in [-0.4, -0.2) is 30.2 Å². The van der Waals surface area contributed by atoms with Crippen LogP contribution >= 0.6 is 0 Å². The Hall–Kier alpha value is -2.30. The van der Waals surface area contributed by atoms with Crippen molar-refractivity contribution in [2.45, 2.75) is 6.42 Å². The van der Waals surface area contributed by atoms with Gasteiger partial charge in [0.1, 0.15) is 5.69 Å². The molecule has 1 N–H and O–H groups in total. The first kappa shape index (κ1) is 11.5. The summed E-state index contributed by atoms with van der Waals surface area (Å²) in [5, 5.41) is 3.44. The van der Waals surface area contributed by atoms with E-state index in [1.165, 1.54) is 12.1 Å². The topological polar surface area (TPSA) is 50.3 Å². The number of pyridine rings is 2. The zero-order chi connectivity index (χ0) is 13.5. The summed E-state index contributed by atoms with van der Waals surface area (Å²) < 4.78 is 5.46. The van der Waals surface area contributed by atoms with E-state index in [0.29, 0.717) is 11.8 Å². The number of hydrogen-bond acceptors (Lipinski definition) is 5. The zero-order valence-electron chi connectivity index (χ0n) is 11.3. The fourth-order valence-electron chi connectivity index (χ4n) is 2.99. The third-order valence-electron chi connectivity index (χ3n) is 4.01. The molecule has 2 aromatic heterocycles. The number of aromatic nitrogens is 2. The highest BCUT2D eigenvalue weighted by atomic mass is 16.5. The van der Waals surface area contributed by atoms with E-state index in [1.54, 1.807) is 13.3 Å². The minimum Gasteiger partial charge on any atom is -0.479 e. The Morgan fingerprint density at radius 3 is 3.20 bits per heavy atom. The molecular formula is C15H16N4O. The summed E-state index contributed by atoms with van der Waals surface area (Å²) in [5.74, 6) is 1.27. The molecule has 0 aromatic carbocycles. The fourth-order valence-corrected chi connectivity index (χ4v) is 2.99. The predicted molar refractivity (Wildman–Crippen MR) is 77.6 cm³/mol. The van der Waals surface area contributed by atoms with E-state index in [4.69, 9.17) is 4.74 Å². The summed E-state index contributed by atoms with van der Waals surface area (Å²) >= 11 is 0. The van der Waals surface area contributed by atoms with Crippen LogP contribution in [-0.2, 0) is 0 Å². The van der Waals surface area contributed by atoms with Crippen LogP contribution in [0, 0.1) is 5.92 Å². The van der Waals surface area contributed by atoms with Gasteiger partial charge in [-0.1, -0.05) is 0 Å². The Bertz CT molecular complexity index is 697. The molecule has 1 fully saturated rings. The maximum Gasteiger partial charge on any atom is 0.238 e. The van der Waals surface area contributed by atoms with E-state index in [0.717, 1.165) is 29.8 Å². The first-order valence-corrected chi connectivity index (χ1v) is 6.87. The number of anilines is 1. The van der Waals surface area contributed by atoms with Crippen molar-refractivity contribution in [2.24, 2.45) is 5.92 Å². The molecule has 0 saturated carbocycles. The number of nitrogens with one attached hydrogen (secondary N) is 1. The molecule has 5 heteroatoms. The Balaban J connectivity index is 1.81. The van der Waals surface area contributed by atoms with Gasteiger partial charge in [0.05, 0.1) is 18.1 Å². The number of rotatable bonds is 2. The van der Waals surface area contributed by atoms with Gasteiger partial charge in [-0.2, -0.15) is 0 Å². The van der Waals surface area contributed by atoms with Gasteiger partial charge in [0.2, 0.25) is 5.88 Å². The van der Waals surface area contributed by atoms with Gasteiger partial charge < -0.3 is 15.0 Å². The summed E-state index contributed by atoms with van der Waals surface area (Å²) in [6.45, 7) is 2.07. The van der Waals surface area contributed by atoms with E-state index in [9.17, 15) is 0 Å². The van der Waals surface area contributed by atoms with Gasteiger partial charge in [-0.3, -0.25) is 4.98 Å². The van der Waals surface area contributed by atoms with Crippen molar-refractivity contribution in [1.82, 2.24) is 15.3 Å². The Morgan fingerprint density at radius 2 is 2.35 bits per heavy atom. The number of nitrogens with zero attached hydrogens (tertiary/aromatic N) is 3. The average Bonchev–Trinajstić information content (AvgIpc) is 3.07. The molecule has 0 aliphatic carbocycles. The number of fused-ring (bicyclic) bond motifs is 2. The smallest absolute Gasteiger partial charge is 0.238 e. The number of methoxy groups -OCH3 is 1. The fraction of sp³-hybridized carbons (Fsp3) is 0.333. The molecule has 2 aliphatic rings. The second-order valence-electron chi connectivity index (χ2n) is 5.21. The Kier molecular flexibility index (Phi) is 2.52. The van der Waals surface area contributed by atoms with E-state index in [-0.39, 0.29) is 0 Å². The van der Waals surface area contributed by atoms with Crippen LogP contribution in [0.25, 0.3) is 11.0 Å². The van der Waals surface area contributed by atoms with Gasteiger partial charge >= 0.3 is 0 Å². The van der Waals surface area contributed by atoms with Gasteiger partial charge in [-0.15, -0.1) is 0 Å². The largest absolute Gasteiger partial charge is 0.479 e. The molecule has 5 nitrogen and oxygen atoms in total. The minimum atomic E-state index is 0.610. The number of hydrogen-bond donors (Lipinski definition) is 1. The van der Waals surface area contributed by atoms with Crippen LogP contribution in [0.2, 0.25) is 0 Å². The van der Waals surface area contributed by atoms with Gasteiger partial charge in [-0.25, -0.2) is 4.98 Å². The highest BCUT2D eigenvalue weighted by Gasteiger charge is 2.30. The quantitative estimate of drug-likeness (QED) is 0.901. The van der Waals surface area contributed by atoms with Crippen molar-refractivity contribution in [3.05, 3.63) is 36.3 Å². The minimum absolute atomic E-state index is 0.610. The van der Waals surface area contributed by atoms with Crippen molar-refractivity contribution < 1.29 is 4.74 Å². The summed E-state index contributed by atoms with van der Waals surface area (Å²) in [5.41, 5.74) is 4.07. The van der Waals surface area contributed by atoms with E-state index in [2.05, 4.69) is 32.5 Å². The monoisotopic (exact) mass is 268 g/mol. The SMILES string of the molecule is COc1nc2cccnc2cc1N1C=C2NCCC2C1. The standard InChI is InChI=1S/C15H16N4O/c1-20-15-14(7-12-11(18-15)3-2-5-16-12)19-8-10-4-6-17-13(10)9-19/h2-3,5,7,9-10,17H,4,6,8H2,1H3. The van der Waals surface area contributed by atoms with Crippen molar-refractivity contribution in [3.8, 4) is 5.88 Å². The van der Waals surface area contributed by atoms with Crippen molar-refractivity contribution >= 4 is 16.7 Å². The molecule has 0 amide bonds. The van der Waals surface area contributed by atoms with Gasteiger partial charge in [0.15, 0.2) is 0 Å². The molecule has 1 saturated heterocycles. The highest BCUT2D eigenvalue weighted by Crippen LogP contribution is 2.36. The maximum absolute atomic E-state index is 5.46. The third-order valence-corrected chi connectivity index (χ3v) is 4.01. The third kappa shape index (κ3) is 1.70. The molecule has 1 atom stereocenters. The Morgan fingerprint density at radius 1 is 1.40 bits per heavy atom. The Labute approximate surface area is 117 Å². The molecule has 0 bridgehead atoms. The van der Waals surface area contributed by atoms with Crippen LogP contribution < -0.4 is 15.0 Å². The van der Waals surface area contributed by atoms with Crippen LogP contribution in [0.3, 0.4) is 0 Å². The summed E-state index contributed by atoms with van der Waals surface area (Å²) in [6.07, 6.45) is 5.16. The lowest BCUT2D eigenvalue weighted by Crippen LogP contribution is -2.18. The number of ether oxygens (including phenoxy) is 1. The molecule has 102 valence electrons. The molecule has 4 heterocycles. The molecule has 1 unspecified atom stereocenters. The molecule has 0 spiro atoms. The molecule has 2 aliphatic heterocycles. The normalized spacial score (nSPS) is 20.8.